The summed E-state index contributed by atoms with van der Waals surface area (Å²) in [5.74, 6) is -5.46. The number of hydrogen-bond donors (Lipinski definition) is 7. The molecule has 0 aromatic carbocycles. The molecule has 0 heterocycles. The minimum atomic E-state index is -5.06. The van der Waals surface area contributed by atoms with Gasteiger partial charge < -0.3 is 30.2 Å². The number of nitrogens with zero attached hydrogens (tertiary/aromatic N) is 2. The zero-order valence-corrected chi connectivity index (χ0v) is 34.3. The fraction of sp³-hybridized carbons (Fsp3) is 0.912. The van der Waals surface area contributed by atoms with Crippen LogP contribution in [0.2, 0.25) is 0 Å². The normalized spacial score (nSPS) is 17.2. The summed E-state index contributed by atoms with van der Waals surface area (Å²) in [6, 6.07) is -1.23. The minimum Gasteiger partial charge on any atom is -0.477 e. The SMILES string of the molecule is CCCCCCCCCCC(C(=O)NC(CCC)(CCO)[N+](C)(CCCO)C(CCCS(=O)(=O)O)(CCOS(=O)(=O)O)C(=O)O)C(C(=O)O)[N+](C)(C)C. The van der Waals surface area contributed by atoms with Crippen LogP contribution in [-0.2, 0) is 39.1 Å². The fourth-order valence-electron chi connectivity index (χ4n) is 7.89. The van der Waals surface area contributed by atoms with Crippen molar-refractivity contribution in [3.05, 3.63) is 0 Å². The van der Waals surface area contributed by atoms with Gasteiger partial charge in [-0.1, -0.05) is 65.2 Å². The number of quaternary nitrogens is 2. The van der Waals surface area contributed by atoms with Crippen LogP contribution in [0.25, 0.3) is 0 Å². The van der Waals surface area contributed by atoms with Gasteiger partial charge in [-0.3, -0.25) is 18.4 Å². The number of rotatable bonds is 32. The van der Waals surface area contributed by atoms with E-state index in [1.165, 1.54) is 7.05 Å². The number of hydrogen-bond acceptors (Lipinski definition) is 10. The first-order valence-corrected chi connectivity index (χ1v) is 21.7. The van der Waals surface area contributed by atoms with E-state index in [1.807, 2.05) is 0 Å². The zero-order valence-electron chi connectivity index (χ0n) is 32.7. The number of amides is 1. The van der Waals surface area contributed by atoms with Crippen LogP contribution in [0, 0.1) is 5.92 Å². The number of aliphatic hydroxyl groups is 2. The number of aliphatic hydroxyl groups excluding tert-OH is 2. The van der Waals surface area contributed by atoms with Crippen molar-refractivity contribution in [3.63, 3.8) is 0 Å². The summed E-state index contributed by atoms with van der Waals surface area (Å²) in [6.07, 6.45) is 6.19. The smallest absolute Gasteiger partial charge is 0.397 e. The Bertz CT molecular complexity index is 1290. The minimum absolute atomic E-state index is 0.0142. The van der Waals surface area contributed by atoms with Crippen molar-refractivity contribution < 1.29 is 73.9 Å². The third-order valence-electron chi connectivity index (χ3n) is 10.5. The predicted molar refractivity (Wildman–Crippen MR) is 199 cm³/mol. The van der Waals surface area contributed by atoms with Gasteiger partial charge in [0.25, 0.3) is 10.1 Å². The second-order valence-electron chi connectivity index (χ2n) is 15.2. The summed E-state index contributed by atoms with van der Waals surface area (Å²) in [5.41, 5.74) is -3.93. The molecule has 5 atom stereocenters. The number of unbranched alkanes of at least 4 members (excludes halogenated alkanes) is 7. The van der Waals surface area contributed by atoms with Gasteiger partial charge in [-0.15, -0.1) is 0 Å². The summed E-state index contributed by atoms with van der Waals surface area (Å²) < 4.78 is 69.2. The first-order valence-electron chi connectivity index (χ1n) is 18.7. The third-order valence-corrected chi connectivity index (χ3v) is 11.8. The van der Waals surface area contributed by atoms with Crippen molar-refractivity contribution in [3.8, 4) is 0 Å². The van der Waals surface area contributed by atoms with E-state index in [2.05, 4.69) is 16.4 Å². The number of nitrogens with one attached hydrogen (secondary N) is 1. The topological polar surface area (TPSA) is 262 Å². The predicted octanol–water partition coefficient (Wildman–Crippen LogP) is 2.82. The molecule has 1 amide bonds. The van der Waals surface area contributed by atoms with Crippen LogP contribution in [-0.4, -0.2) is 151 Å². The van der Waals surface area contributed by atoms with E-state index < -0.39 is 111 Å². The highest BCUT2D eigenvalue weighted by atomic mass is 32.3. The molecule has 0 rings (SSSR count). The maximum atomic E-state index is 14.7. The zero-order chi connectivity index (χ0) is 41.2. The molecule has 0 aliphatic rings. The van der Waals surface area contributed by atoms with E-state index in [-0.39, 0.29) is 36.7 Å². The van der Waals surface area contributed by atoms with Crippen LogP contribution >= 0.6 is 0 Å². The molecule has 0 radical (unpaired) electrons. The van der Waals surface area contributed by atoms with Crippen LogP contribution in [0.15, 0.2) is 0 Å². The molecule has 0 saturated carbocycles. The first-order chi connectivity index (χ1) is 24.4. The van der Waals surface area contributed by atoms with E-state index >= 15 is 0 Å². The Balaban J connectivity index is 7.53. The summed E-state index contributed by atoms with van der Waals surface area (Å²) >= 11 is 0. The number of carbonyl (C=O) groups excluding carboxylic acids is 1. The van der Waals surface area contributed by atoms with E-state index in [4.69, 9.17) is 0 Å². The van der Waals surface area contributed by atoms with E-state index in [0.717, 1.165) is 44.9 Å². The fourth-order valence-corrected chi connectivity index (χ4v) is 8.70. The lowest BCUT2D eigenvalue weighted by Gasteiger charge is -2.59. The maximum Gasteiger partial charge on any atom is 0.397 e. The number of aliphatic carboxylic acids is 2. The molecule has 314 valence electrons. The number of likely N-dealkylation sites (N-methyl/N-ethyl adjacent to an activating group) is 2. The van der Waals surface area contributed by atoms with Gasteiger partial charge in [0.2, 0.25) is 11.4 Å². The van der Waals surface area contributed by atoms with E-state index in [0.29, 0.717) is 12.8 Å². The largest absolute Gasteiger partial charge is 0.477 e. The van der Waals surface area contributed by atoms with E-state index in [1.54, 1.807) is 28.1 Å². The second-order valence-corrected chi connectivity index (χ2v) is 17.9. The molecule has 5 unspecified atom stereocenters. The third kappa shape index (κ3) is 16.3. The lowest BCUT2D eigenvalue weighted by molar-refractivity contribution is -1.00. The highest BCUT2D eigenvalue weighted by molar-refractivity contribution is 7.85. The molecule has 0 fully saturated rings. The van der Waals surface area contributed by atoms with Crippen LogP contribution in [0.5, 0.6) is 0 Å². The Hall–Kier alpha value is -1.97. The molecule has 0 bridgehead atoms. The lowest BCUT2D eigenvalue weighted by atomic mass is 9.79. The summed E-state index contributed by atoms with van der Waals surface area (Å²) in [7, 11) is -3.24. The Morgan fingerprint density at radius 3 is 1.74 bits per heavy atom. The standard InChI is InChI=1S/C34H67N3O14S2/c1-7-9-10-11-12-13-14-15-18-28(29(31(41)42)36(3,4)5)30(40)35-34(19-8-2,21-25-39)37(6,23-17-24-38)33(32(43)44,20-16-27-52(45,46)47)22-26-51-53(48,49)50/h28-29,38-39H,7-27H2,1-6H3,(H3-2,35,40,41,42,43,44,45,46,47,48,49,50)/p+2. The molecule has 53 heavy (non-hydrogen) atoms. The van der Waals surface area contributed by atoms with Crippen molar-refractivity contribution in [2.24, 2.45) is 5.92 Å². The summed E-state index contributed by atoms with van der Waals surface area (Å²) in [6.45, 7) is 1.75. The van der Waals surface area contributed by atoms with Crippen LogP contribution in [0.3, 0.4) is 0 Å². The van der Waals surface area contributed by atoms with Gasteiger partial charge in [0, 0.05) is 38.7 Å². The van der Waals surface area contributed by atoms with Crippen LogP contribution < -0.4 is 5.32 Å². The van der Waals surface area contributed by atoms with Crippen LogP contribution in [0.4, 0.5) is 0 Å². The van der Waals surface area contributed by atoms with Gasteiger partial charge in [-0.2, -0.15) is 16.8 Å². The van der Waals surface area contributed by atoms with Gasteiger partial charge in [0.1, 0.15) is 5.92 Å². The van der Waals surface area contributed by atoms with Gasteiger partial charge in [0.15, 0.2) is 11.7 Å². The Morgan fingerprint density at radius 1 is 0.736 bits per heavy atom. The van der Waals surface area contributed by atoms with Gasteiger partial charge in [0.05, 0.1) is 53.7 Å². The molecule has 0 aliphatic heterocycles. The molecule has 0 saturated heterocycles. The van der Waals surface area contributed by atoms with Gasteiger partial charge >= 0.3 is 22.3 Å². The van der Waals surface area contributed by atoms with Crippen molar-refractivity contribution in [2.45, 2.75) is 134 Å². The molecule has 17 nitrogen and oxygen atoms in total. The number of carboxylic acid groups (broad SMARTS) is 2. The molecule has 19 heteroatoms. The highest BCUT2D eigenvalue weighted by Gasteiger charge is 2.64. The molecular formula is C34H69N3O14S2+2. The monoisotopic (exact) mass is 807 g/mol. The van der Waals surface area contributed by atoms with E-state index in [9.17, 15) is 60.8 Å². The summed E-state index contributed by atoms with van der Waals surface area (Å²) in [5, 5.41) is 45.1. The molecule has 0 aromatic rings. The van der Waals surface area contributed by atoms with Gasteiger partial charge in [-0.05, 0) is 19.3 Å². The van der Waals surface area contributed by atoms with Crippen LogP contribution in [0.1, 0.15) is 117 Å². The Morgan fingerprint density at radius 2 is 1.30 bits per heavy atom. The van der Waals surface area contributed by atoms with Gasteiger partial charge in [-0.25, -0.2) is 13.8 Å². The lowest BCUT2D eigenvalue weighted by Crippen LogP contribution is -2.81. The molecular weight excluding hydrogens is 739 g/mol. The molecule has 0 aliphatic carbocycles. The molecule has 0 aromatic heterocycles. The average Bonchev–Trinajstić information content (AvgIpc) is 3.01. The first kappa shape index (κ1) is 51.0. The second kappa shape index (κ2) is 23.2. The number of carbonyl (C=O) groups is 3. The number of carboxylic acids is 2. The quantitative estimate of drug-likeness (QED) is 0.0223. The maximum absolute atomic E-state index is 14.7. The Labute approximate surface area is 317 Å². The summed E-state index contributed by atoms with van der Waals surface area (Å²) in [4.78, 5) is 41.2. The van der Waals surface area contributed by atoms with Crippen molar-refractivity contribution in [2.75, 3.05) is 60.3 Å². The average molecular weight is 808 g/mol. The van der Waals surface area contributed by atoms with Crippen molar-refractivity contribution in [1.82, 2.24) is 5.32 Å². The van der Waals surface area contributed by atoms with Crippen molar-refractivity contribution in [1.29, 1.82) is 0 Å². The highest BCUT2D eigenvalue weighted by Crippen LogP contribution is 2.44. The Kier molecular flexibility index (Phi) is 22.3. The molecule has 0 spiro atoms. The van der Waals surface area contributed by atoms with Crippen molar-refractivity contribution >= 4 is 38.4 Å². The molecule has 7 N–H and O–H groups in total.